The Hall–Kier alpha value is -1.06. The van der Waals surface area contributed by atoms with Gasteiger partial charge in [-0.1, -0.05) is 94.9 Å². The highest BCUT2D eigenvalue weighted by Crippen LogP contribution is 2.58. The largest absolute Gasteiger partial charge is 0.294 e. The molecule has 0 saturated carbocycles. The summed E-state index contributed by atoms with van der Waals surface area (Å²) in [5, 5.41) is 0. The maximum absolute atomic E-state index is 12.5. The van der Waals surface area contributed by atoms with E-state index in [0.717, 1.165) is 0 Å². The molecule has 1 aliphatic rings. The highest BCUT2D eigenvalue weighted by molar-refractivity contribution is 6.62. The molecule has 0 heterocycles. The van der Waals surface area contributed by atoms with Crippen LogP contribution < -0.4 is 0 Å². The molecule has 0 atom stereocenters. The molecule has 6 heteroatoms. The number of hydrogen-bond donors (Lipinski definition) is 0. The maximum Gasteiger partial charge on any atom is 0.180 e. The molecule has 0 amide bonds. The Kier molecular flexibility index (Phi) is 4.22. The Balaban J connectivity index is 2.38. The summed E-state index contributed by atoms with van der Waals surface area (Å²) >= 11 is 26.1. The van der Waals surface area contributed by atoms with Gasteiger partial charge in [0.2, 0.25) is 0 Å². The summed E-state index contributed by atoms with van der Waals surface area (Å²) in [4.78, 5) is 25.0. The number of carbonyl (C=O) groups excluding carboxylic acids is 2. The van der Waals surface area contributed by atoms with Crippen molar-refractivity contribution < 1.29 is 9.59 Å². The first-order valence-corrected chi connectivity index (χ1v) is 8.29. The smallest absolute Gasteiger partial charge is 0.180 e. The third kappa shape index (κ3) is 2.58. The highest BCUT2D eigenvalue weighted by atomic mass is 35.5. The van der Waals surface area contributed by atoms with Crippen LogP contribution in [0.4, 0.5) is 0 Å². The lowest BCUT2D eigenvalue weighted by Crippen LogP contribution is -2.33. The Morgan fingerprint density at radius 3 is 1.39 bits per heavy atom. The van der Waals surface area contributed by atoms with Gasteiger partial charge in [0, 0.05) is 22.3 Å². The van der Waals surface area contributed by atoms with Crippen molar-refractivity contribution >= 4 is 58.0 Å². The average Bonchev–Trinajstić information content (AvgIpc) is 2.55. The summed E-state index contributed by atoms with van der Waals surface area (Å²) in [6.45, 7) is 0. The van der Waals surface area contributed by atoms with Gasteiger partial charge in [-0.3, -0.25) is 9.59 Å². The topological polar surface area (TPSA) is 34.1 Å². The van der Waals surface area contributed by atoms with Gasteiger partial charge in [0.25, 0.3) is 0 Å². The minimum Gasteiger partial charge on any atom is -0.294 e. The van der Waals surface area contributed by atoms with E-state index in [1.54, 1.807) is 48.5 Å². The number of Topliss-reactive ketones (excluding diaryl/α,β-unsaturated/α-hetero) is 2. The molecule has 0 radical (unpaired) electrons. The molecule has 1 aliphatic carbocycles. The van der Waals surface area contributed by atoms with E-state index < -0.39 is 8.67 Å². The molecular formula is C17H10Cl4O2. The monoisotopic (exact) mass is 386 g/mol. The van der Waals surface area contributed by atoms with Crippen LogP contribution in [0.15, 0.2) is 48.5 Å². The van der Waals surface area contributed by atoms with Crippen LogP contribution in [-0.4, -0.2) is 11.6 Å². The van der Waals surface area contributed by atoms with E-state index in [0.29, 0.717) is 0 Å². The van der Waals surface area contributed by atoms with Crippen LogP contribution in [0.25, 0.3) is 0 Å². The summed E-state index contributed by atoms with van der Waals surface area (Å²) in [7, 11) is 0. The molecule has 2 aromatic rings. The van der Waals surface area contributed by atoms with Crippen LogP contribution in [0.3, 0.4) is 0 Å². The molecule has 2 aromatic carbocycles. The number of halogens is 4. The van der Waals surface area contributed by atoms with Crippen molar-refractivity contribution in [2.75, 3.05) is 0 Å². The predicted molar refractivity (Wildman–Crippen MR) is 92.9 cm³/mol. The molecule has 0 fully saturated rings. The lowest BCUT2D eigenvalue weighted by molar-refractivity contribution is 0.0894. The number of ketones is 2. The third-order valence-electron chi connectivity index (χ3n) is 3.85. The van der Waals surface area contributed by atoms with Crippen LogP contribution in [0, 0.1) is 0 Å². The number of rotatable bonds is 0. The Labute approximate surface area is 153 Å². The standard InChI is InChI=1S/C17H10Cl4O2/c18-16(19)12-7-3-1-5-10(12)14(22)9-15(23)11-6-2-4-8-13(11)17(16,20)21/h1-8H,9H2. The SMILES string of the molecule is O=C1CC(=O)c2ccccc2C(Cl)(Cl)C(Cl)(Cl)c2ccccc21. The molecule has 0 saturated heterocycles. The fourth-order valence-electron chi connectivity index (χ4n) is 2.67. The van der Waals surface area contributed by atoms with E-state index in [2.05, 4.69) is 0 Å². The zero-order chi connectivity index (χ0) is 16.8. The van der Waals surface area contributed by atoms with Crippen LogP contribution in [0.1, 0.15) is 38.3 Å². The first-order chi connectivity index (χ1) is 10.8. The second kappa shape index (κ2) is 5.78. The maximum atomic E-state index is 12.5. The molecule has 0 bridgehead atoms. The van der Waals surface area contributed by atoms with Crippen LogP contribution in [0.5, 0.6) is 0 Å². The van der Waals surface area contributed by atoms with Crippen molar-refractivity contribution in [1.29, 1.82) is 0 Å². The molecule has 0 unspecified atom stereocenters. The second-order valence-corrected chi connectivity index (χ2v) is 7.92. The van der Waals surface area contributed by atoms with Gasteiger partial charge >= 0.3 is 0 Å². The fourth-order valence-corrected chi connectivity index (χ4v) is 3.74. The minimum atomic E-state index is -1.82. The van der Waals surface area contributed by atoms with Gasteiger partial charge in [-0.15, -0.1) is 0 Å². The lowest BCUT2D eigenvalue weighted by Gasteiger charge is -2.34. The quantitative estimate of drug-likeness (QED) is 0.447. The number of fused-ring (bicyclic) bond motifs is 2. The van der Waals surface area contributed by atoms with Gasteiger partial charge in [-0.05, 0) is 0 Å². The van der Waals surface area contributed by atoms with Gasteiger partial charge in [0.15, 0.2) is 20.2 Å². The first kappa shape index (κ1) is 16.8. The van der Waals surface area contributed by atoms with E-state index in [9.17, 15) is 9.59 Å². The summed E-state index contributed by atoms with van der Waals surface area (Å²) in [5.74, 6) is -0.755. The molecule has 23 heavy (non-hydrogen) atoms. The lowest BCUT2D eigenvalue weighted by atomic mass is 9.96. The zero-order valence-corrected chi connectivity index (χ0v) is 14.7. The van der Waals surface area contributed by atoms with Gasteiger partial charge < -0.3 is 0 Å². The number of hydrogen-bond acceptors (Lipinski definition) is 2. The minimum absolute atomic E-state index is 0.240. The second-order valence-electron chi connectivity index (χ2n) is 5.26. The van der Waals surface area contributed by atoms with E-state index in [-0.39, 0.29) is 40.2 Å². The number of carbonyl (C=O) groups is 2. The fraction of sp³-hybridized carbons (Fsp3) is 0.176. The van der Waals surface area contributed by atoms with E-state index in [4.69, 9.17) is 46.4 Å². The Bertz CT molecular complexity index is 744. The van der Waals surface area contributed by atoms with E-state index in [1.165, 1.54) is 0 Å². The Morgan fingerprint density at radius 2 is 1.00 bits per heavy atom. The molecule has 3 rings (SSSR count). The molecule has 0 spiro atoms. The summed E-state index contributed by atoms with van der Waals surface area (Å²) in [5.41, 5.74) is 1.04. The van der Waals surface area contributed by atoms with Crippen LogP contribution >= 0.6 is 46.4 Å². The summed E-state index contributed by atoms with van der Waals surface area (Å²) in [6, 6.07) is 13.0. The number of benzene rings is 2. The molecule has 2 nitrogen and oxygen atoms in total. The summed E-state index contributed by atoms with van der Waals surface area (Å²) < 4.78 is -3.63. The normalized spacial score (nSPS) is 19.1. The third-order valence-corrected chi connectivity index (χ3v) is 6.18. The van der Waals surface area contributed by atoms with Crippen molar-refractivity contribution in [2.24, 2.45) is 0 Å². The van der Waals surface area contributed by atoms with E-state index in [1.807, 2.05) is 0 Å². The van der Waals surface area contributed by atoms with Crippen molar-refractivity contribution in [2.45, 2.75) is 15.1 Å². The zero-order valence-electron chi connectivity index (χ0n) is 11.7. The van der Waals surface area contributed by atoms with Gasteiger partial charge in [-0.25, -0.2) is 0 Å². The van der Waals surface area contributed by atoms with Crippen LogP contribution in [0.2, 0.25) is 0 Å². The molecular weight excluding hydrogens is 378 g/mol. The molecule has 0 N–H and O–H groups in total. The van der Waals surface area contributed by atoms with Crippen LogP contribution in [-0.2, 0) is 8.67 Å². The predicted octanol–water partition coefficient (Wildman–Crippen LogP) is 5.42. The van der Waals surface area contributed by atoms with Crippen molar-refractivity contribution in [1.82, 2.24) is 0 Å². The van der Waals surface area contributed by atoms with E-state index >= 15 is 0 Å². The molecule has 118 valence electrons. The Morgan fingerprint density at radius 1 is 0.652 bits per heavy atom. The van der Waals surface area contributed by atoms with Gasteiger partial charge in [0.1, 0.15) is 0 Å². The highest BCUT2D eigenvalue weighted by Gasteiger charge is 2.53. The van der Waals surface area contributed by atoms with Crippen molar-refractivity contribution in [3.63, 3.8) is 0 Å². The molecule has 0 aliphatic heterocycles. The average molecular weight is 388 g/mol. The van der Waals surface area contributed by atoms with Gasteiger partial charge in [-0.2, -0.15) is 0 Å². The number of alkyl halides is 4. The van der Waals surface area contributed by atoms with Crippen molar-refractivity contribution in [3.8, 4) is 0 Å². The molecule has 0 aromatic heterocycles. The van der Waals surface area contributed by atoms with Crippen molar-refractivity contribution in [3.05, 3.63) is 70.8 Å². The van der Waals surface area contributed by atoms with Gasteiger partial charge in [0.05, 0.1) is 6.42 Å². The summed E-state index contributed by atoms with van der Waals surface area (Å²) in [6.07, 6.45) is -0.304. The first-order valence-electron chi connectivity index (χ1n) is 6.78.